The highest BCUT2D eigenvalue weighted by Crippen LogP contribution is 2.28. The molecular weight excluding hydrogens is 416 g/mol. The number of anilines is 1. The maximum Gasteiger partial charge on any atom is 0.230 e. The molecule has 4 aromatic rings. The molecule has 3 aromatic heterocycles. The van der Waals surface area contributed by atoms with Crippen LogP contribution in [0.3, 0.4) is 0 Å². The maximum atomic E-state index is 14.8. The number of hydrogen-bond donors (Lipinski definition) is 2. The fraction of sp³-hybridized carbons (Fsp3) is 0.0526. The van der Waals surface area contributed by atoms with Crippen molar-refractivity contribution in [2.24, 2.45) is 0 Å². The molecule has 0 unspecified atom stereocenters. The molecule has 8 nitrogen and oxygen atoms in total. The number of halogens is 2. The summed E-state index contributed by atoms with van der Waals surface area (Å²) < 4.78 is 53.3. The first-order valence-corrected chi connectivity index (χ1v) is 10.4. The number of H-pyrrole nitrogens is 1. The van der Waals surface area contributed by atoms with Gasteiger partial charge >= 0.3 is 0 Å². The van der Waals surface area contributed by atoms with Crippen LogP contribution in [0.4, 0.5) is 14.5 Å². The van der Waals surface area contributed by atoms with Gasteiger partial charge in [0.05, 0.1) is 17.2 Å². The molecule has 0 aliphatic carbocycles. The van der Waals surface area contributed by atoms with Crippen molar-refractivity contribution in [3.63, 3.8) is 0 Å². The molecule has 0 bridgehead atoms. The van der Waals surface area contributed by atoms with E-state index in [0.29, 0.717) is 16.6 Å². The van der Waals surface area contributed by atoms with Crippen LogP contribution in [0.1, 0.15) is 16.1 Å². The number of pyridine rings is 2. The molecule has 0 saturated carbocycles. The maximum absolute atomic E-state index is 14.8. The molecule has 11 heteroatoms. The van der Waals surface area contributed by atoms with Gasteiger partial charge in [-0.3, -0.25) is 19.6 Å². The van der Waals surface area contributed by atoms with Crippen LogP contribution in [0.2, 0.25) is 0 Å². The molecule has 4 rings (SSSR count). The number of fused-ring (bicyclic) bond motifs is 1. The van der Waals surface area contributed by atoms with E-state index < -0.39 is 38.7 Å². The Morgan fingerprint density at radius 2 is 1.93 bits per heavy atom. The zero-order valence-electron chi connectivity index (χ0n) is 15.3. The lowest BCUT2D eigenvalue weighted by molar-refractivity contribution is 0.103. The zero-order chi connectivity index (χ0) is 21.5. The Morgan fingerprint density at radius 1 is 1.13 bits per heavy atom. The van der Waals surface area contributed by atoms with E-state index in [1.54, 1.807) is 41.5 Å². The third-order valence-corrected chi connectivity index (χ3v) is 4.82. The van der Waals surface area contributed by atoms with Gasteiger partial charge in [-0.25, -0.2) is 22.2 Å². The predicted molar refractivity (Wildman–Crippen MR) is 105 cm³/mol. The molecule has 1 aromatic carbocycles. The van der Waals surface area contributed by atoms with E-state index in [2.05, 4.69) is 20.2 Å². The van der Waals surface area contributed by atoms with Crippen LogP contribution >= 0.6 is 0 Å². The van der Waals surface area contributed by atoms with E-state index in [1.165, 1.54) is 0 Å². The molecule has 0 spiro atoms. The summed E-state index contributed by atoms with van der Waals surface area (Å²) in [6.45, 7) is 0. The number of nitrogens with zero attached hydrogens (tertiary/aromatic N) is 3. The van der Waals surface area contributed by atoms with Crippen LogP contribution in [0.5, 0.6) is 0 Å². The summed E-state index contributed by atoms with van der Waals surface area (Å²) >= 11 is 0. The van der Waals surface area contributed by atoms with Gasteiger partial charge in [-0.2, -0.15) is 5.10 Å². The molecule has 0 amide bonds. The minimum atomic E-state index is -3.97. The zero-order valence-corrected chi connectivity index (χ0v) is 16.2. The molecule has 0 radical (unpaired) electrons. The van der Waals surface area contributed by atoms with Gasteiger partial charge in [0, 0.05) is 29.7 Å². The molecule has 0 aliphatic rings. The molecule has 0 atom stereocenters. The topological polar surface area (TPSA) is 118 Å². The third-order valence-electron chi connectivity index (χ3n) is 4.25. The second kappa shape index (κ2) is 7.26. The van der Waals surface area contributed by atoms with Crippen LogP contribution in [0.25, 0.3) is 22.2 Å². The Balaban J connectivity index is 1.82. The monoisotopic (exact) mass is 429 g/mol. The number of aromatic nitrogens is 4. The van der Waals surface area contributed by atoms with Gasteiger partial charge in [0.25, 0.3) is 0 Å². The third kappa shape index (κ3) is 3.62. The smallest absolute Gasteiger partial charge is 0.230 e. The van der Waals surface area contributed by atoms with Crippen molar-refractivity contribution in [1.29, 1.82) is 0 Å². The number of carbonyl (C=O) groups excluding carboxylic acids is 1. The Hall–Kier alpha value is -3.73. The van der Waals surface area contributed by atoms with Crippen molar-refractivity contribution in [1.82, 2.24) is 20.2 Å². The summed E-state index contributed by atoms with van der Waals surface area (Å²) in [4.78, 5) is 21.2. The normalized spacial score (nSPS) is 11.6. The lowest BCUT2D eigenvalue weighted by atomic mass is 10.0. The highest BCUT2D eigenvalue weighted by atomic mass is 32.2. The minimum Gasteiger partial charge on any atom is -0.287 e. The molecule has 0 fully saturated rings. The largest absolute Gasteiger partial charge is 0.287 e. The Kier molecular flexibility index (Phi) is 4.74. The summed E-state index contributed by atoms with van der Waals surface area (Å²) in [5, 5.41) is 6.84. The van der Waals surface area contributed by atoms with Gasteiger partial charge in [-0.05, 0) is 24.3 Å². The van der Waals surface area contributed by atoms with Gasteiger partial charge in [0.2, 0.25) is 15.8 Å². The highest BCUT2D eigenvalue weighted by Gasteiger charge is 2.25. The van der Waals surface area contributed by atoms with Gasteiger partial charge in [0.1, 0.15) is 17.2 Å². The summed E-state index contributed by atoms with van der Waals surface area (Å²) in [6.07, 6.45) is 5.54. The Morgan fingerprint density at radius 3 is 2.63 bits per heavy atom. The predicted octanol–water partition coefficient (Wildman–Crippen LogP) is 2.90. The number of aromatic amines is 1. The lowest BCUT2D eigenvalue weighted by Crippen LogP contribution is -2.15. The van der Waals surface area contributed by atoms with E-state index in [0.717, 1.165) is 24.0 Å². The van der Waals surface area contributed by atoms with E-state index in [4.69, 9.17) is 0 Å². The number of nitrogens with one attached hydrogen (secondary N) is 2. The van der Waals surface area contributed by atoms with Crippen LogP contribution in [-0.4, -0.2) is 40.6 Å². The quantitative estimate of drug-likeness (QED) is 0.471. The van der Waals surface area contributed by atoms with Gasteiger partial charge < -0.3 is 0 Å². The lowest BCUT2D eigenvalue weighted by Gasteiger charge is -2.09. The van der Waals surface area contributed by atoms with Crippen molar-refractivity contribution in [2.45, 2.75) is 0 Å². The number of ketones is 1. The van der Waals surface area contributed by atoms with Crippen molar-refractivity contribution in [2.75, 3.05) is 11.0 Å². The van der Waals surface area contributed by atoms with E-state index in [1.807, 2.05) is 0 Å². The fourth-order valence-corrected chi connectivity index (χ4v) is 3.46. The van der Waals surface area contributed by atoms with Crippen LogP contribution < -0.4 is 4.72 Å². The van der Waals surface area contributed by atoms with Crippen molar-refractivity contribution >= 4 is 32.5 Å². The minimum absolute atomic E-state index is 0.140. The van der Waals surface area contributed by atoms with Crippen molar-refractivity contribution < 1.29 is 22.0 Å². The second-order valence-corrected chi connectivity index (χ2v) is 8.17. The van der Waals surface area contributed by atoms with Gasteiger partial charge in [-0.15, -0.1) is 0 Å². The number of benzene rings is 1. The van der Waals surface area contributed by atoms with E-state index in [-0.39, 0.29) is 5.69 Å². The Bertz CT molecular complexity index is 1390. The van der Waals surface area contributed by atoms with Crippen LogP contribution in [0, 0.1) is 11.6 Å². The van der Waals surface area contributed by atoms with Gasteiger partial charge in [-0.1, -0.05) is 6.07 Å². The average Bonchev–Trinajstić information content (AvgIpc) is 3.14. The molecule has 3 heterocycles. The second-order valence-electron chi connectivity index (χ2n) is 6.42. The SMILES string of the molecule is CS(=O)(=O)Nc1c(F)ccc(C(=O)c2n[nH]c3ncc(-c4cccnc4)cc23)c1F. The van der Waals surface area contributed by atoms with Crippen LogP contribution in [-0.2, 0) is 10.0 Å². The first-order chi connectivity index (χ1) is 14.2. The molecular formula is C19H13F2N5O3S. The van der Waals surface area contributed by atoms with Crippen LogP contribution in [0.15, 0.2) is 48.9 Å². The number of carbonyl (C=O) groups is 1. The average molecular weight is 429 g/mol. The highest BCUT2D eigenvalue weighted by molar-refractivity contribution is 7.92. The molecule has 0 aliphatic heterocycles. The van der Waals surface area contributed by atoms with E-state index >= 15 is 0 Å². The number of sulfonamides is 1. The van der Waals surface area contributed by atoms with Gasteiger partial charge in [0.15, 0.2) is 11.5 Å². The standard InChI is InChI=1S/C19H13F2N5O3S/c1-30(28,29)26-17-14(20)5-4-12(15(17)21)18(27)16-13-7-11(9-23-19(13)25-24-16)10-3-2-6-22-8-10/h2-9,26H,1H3,(H,23,24,25). The number of hydrogen-bond acceptors (Lipinski definition) is 6. The fourth-order valence-electron chi connectivity index (χ4n) is 2.90. The summed E-state index contributed by atoms with van der Waals surface area (Å²) in [5.74, 6) is -3.35. The number of rotatable bonds is 5. The van der Waals surface area contributed by atoms with E-state index in [9.17, 15) is 22.0 Å². The summed E-state index contributed by atoms with van der Waals surface area (Å²) in [6, 6.07) is 6.93. The van der Waals surface area contributed by atoms with Crippen molar-refractivity contribution in [3.05, 3.63) is 71.8 Å². The van der Waals surface area contributed by atoms with Crippen molar-refractivity contribution in [3.8, 4) is 11.1 Å². The Labute approximate surface area is 169 Å². The molecule has 30 heavy (non-hydrogen) atoms. The summed E-state index contributed by atoms with van der Waals surface area (Å²) in [7, 11) is -3.97. The first-order valence-electron chi connectivity index (χ1n) is 8.49. The summed E-state index contributed by atoms with van der Waals surface area (Å²) in [5.41, 5.74) is 0.0892. The molecule has 2 N–H and O–H groups in total. The first kappa shape index (κ1) is 19.6. The molecule has 0 saturated heterocycles. The molecule has 152 valence electrons.